The monoisotopic (exact) mass is 263 g/mol. The molecule has 0 fully saturated rings. The van der Waals surface area contributed by atoms with Gasteiger partial charge in [0.1, 0.15) is 5.82 Å². The molecule has 0 spiro atoms. The Morgan fingerprint density at radius 1 is 1.33 bits per heavy atom. The average Bonchev–Trinajstić information content (AvgIpc) is 2.78. The van der Waals surface area contributed by atoms with Crippen LogP contribution in [-0.4, -0.2) is 16.1 Å². The minimum absolute atomic E-state index is 0.641. The third kappa shape index (κ3) is 2.74. The lowest BCUT2D eigenvalue weighted by Crippen LogP contribution is -2.04. The summed E-state index contributed by atoms with van der Waals surface area (Å²) >= 11 is 6.34. The normalized spacial score (nSPS) is 10.8. The summed E-state index contributed by atoms with van der Waals surface area (Å²) in [5.74, 6) is 1.05. The van der Waals surface area contributed by atoms with Gasteiger partial charge in [-0.05, 0) is 37.1 Å². The van der Waals surface area contributed by atoms with Gasteiger partial charge in [-0.1, -0.05) is 24.6 Å². The molecule has 0 amide bonds. The van der Waals surface area contributed by atoms with Gasteiger partial charge in [-0.25, -0.2) is 4.98 Å². The van der Waals surface area contributed by atoms with Gasteiger partial charge < -0.3 is 10.3 Å². The summed E-state index contributed by atoms with van der Waals surface area (Å²) in [6.07, 6.45) is 6.64. The van der Waals surface area contributed by atoms with Crippen molar-refractivity contribution in [3.8, 4) is 5.69 Å². The SMILES string of the molecule is CCCc1nccn1-c1ccc(CCN)cc1Cl. The zero-order valence-electron chi connectivity index (χ0n) is 10.6. The maximum atomic E-state index is 6.34. The molecule has 3 nitrogen and oxygen atoms in total. The maximum Gasteiger partial charge on any atom is 0.113 e. The van der Waals surface area contributed by atoms with Crippen molar-refractivity contribution in [1.82, 2.24) is 9.55 Å². The molecule has 1 aromatic heterocycles. The number of benzene rings is 1. The van der Waals surface area contributed by atoms with Crippen LogP contribution in [0, 0.1) is 0 Å². The second kappa shape index (κ2) is 6.03. The molecule has 0 unspecified atom stereocenters. The smallest absolute Gasteiger partial charge is 0.113 e. The molecule has 2 N–H and O–H groups in total. The van der Waals surface area contributed by atoms with E-state index in [1.54, 1.807) is 0 Å². The zero-order valence-corrected chi connectivity index (χ0v) is 11.3. The lowest BCUT2D eigenvalue weighted by molar-refractivity contribution is 0.809. The first-order chi connectivity index (χ1) is 8.76. The molecule has 0 aliphatic carbocycles. The molecule has 0 saturated carbocycles. The topological polar surface area (TPSA) is 43.8 Å². The third-order valence-corrected chi connectivity index (χ3v) is 3.20. The van der Waals surface area contributed by atoms with E-state index in [-0.39, 0.29) is 0 Å². The average molecular weight is 264 g/mol. The van der Waals surface area contributed by atoms with Gasteiger partial charge in [0.2, 0.25) is 0 Å². The van der Waals surface area contributed by atoms with Crippen molar-refractivity contribution in [2.45, 2.75) is 26.2 Å². The van der Waals surface area contributed by atoms with Crippen LogP contribution in [0.3, 0.4) is 0 Å². The van der Waals surface area contributed by atoms with E-state index in [4.69, 9.17) is 17.3 Å². The Balaban J connectivity index is 2.35. The molecule has 18 heavy (non-hydrogen) atoms. The molecule has 2 rings (SSSR count). The number of nitrogens with zero attached hydrogens (tertiary/aromatic N) is 2. The van der Waals surface area contributed by atoms with E-state index in [1.165, 1.54) is 5.56 Å². The lowest BCUT2D eigenvalue weighted by Gasteiger charge is -2.10. The third-order valence-electron chi connectivity index (χ3n) is 2.90. The van der Waals surface area contributed by atoms with Gasteiger partial charge in [-0.15, -0.1) is 0 Å². The standard InChI is InChI=1S/C14H18ClN3/c1-2-3-14-17-8-9-18(14)13-5-4-11(6-7-16)10-12(13)15/h4-5,8-10H,2-3,6-7,16H2,1H3. The minimum atomic E-state index is 0.641. The van der Waals surface area contributed by atoms with Crippen molar-refractivity contribution in [2.24, 2.45) is 5.73 Å². The summed E-state index contributed by atoms with van der Waals surface area (Å²) in [5.41, 5.74) is 7.70. The highest BCUT2D eigenvalue weighted by Gasteiger charge is 2.08. The second-order valence-electron chi connectivity index (χ2n) is 4.29. The van der Waals surface area contributed by atoms with Crippen molar-refractivity contribution in [3.05, 3.63) is 47.0 Å². The highest BCUT2D eigenvalue weighted by molar-refractivity contribution is 6.32. The molecule has 0 bridgehead atoms. The molecule has 0 saturated heterocycles. The number of rotatable bonds is 5. The fraction of sp³-hybridized carbons (Fsp3) is 0.357. The first kappa shape index (κ1) is 13.1. The quantitative estimate of drug-likeness (QED) is 0.901. The van der Waals surface area contributed by atoms with Gasteiger partial charge in [0.15, 0.2) is 0 Å². The maximum absolute atomic E-state index is 6.34. The Labute approximate surface area is 113 Å². The summed E-state index contributed by atoms with van der Waals surface area (Å²) in [6, 6.07) is 6.09. The fourth-order valence-corrected chi connectivity index (χ4v) is 2.32. The first-order valence-corrected chi connectivity index (χ1v) is 6.65. The summed E-state index contributed by atoms with van der Waals surface area (Å²) in [5, 5.41) is 0.747. The molecule has 96 valence electrons. The molecule has 0 aliphatic rings. The summed E-state index contributed by atoms with van der Waals surface area (Å²) < 4.78 is 2.05. The predicted molar refractivity (Wildman–Crippen MR) is 75.3 cm³/mol. The van der Waals surface area contributed by atoms with E-state index in [9.17, 15) is 0 Å². The van der Waals surface area contributed by atoms with Crippen LogP contribution in [-0.2, 0) is 12.8 Å². The summed E-state index contributed by atoms with van der Waals surface area (Å²) in [7, 11) is 0. The zero-order chi connectivity index (χ0) is 13.0. The van der Waals surface area contributed by atoms with E-state index in [2.05, 4.69) is 22.5 Å². The Kier molecular flexibility index (Phi) is 4.39. The fourth-order valence-electron chi connectivity index (χ4n) is 2.03. The van der Waals surface area contributed by atoms with E-state index >= 15 is 0 Å². The van der Waals surface area contributed by atoms with Crippen molar-refractivity contribution in [2.75, 3.05) is 6.54 Å². The second-order valence-corrected chi connectivity index (χ2v) is 4.70. The molecule has 1 aromatic carbocycles. The first-order valence-electron chi connectivity index (χ1n) is 6.27. The van der Waals surface area contributed by atoms with Gasteiger partial charge in [0.05, 0.1) is 10.7 Å². The Morgan fingerprint density at radius 2 is 2.17 bits per heavy atom. The number of aromatic nitrogens is 2. The number of hydrogen-bond acceptors (Lipinski definition) is 2. The van der Waals surface area contributed by atoms with Crippen LogP contribution < -0.4 is 5.73 Å². The number of nitrogens with two attached hydrogens (primary N) is 1. The number of aryl methyl sites for hydroxylation is 1. The largest absolute Gasteiger partial charge is 0.330 e. The van der Waals surface area contributed by atoms with Crippen molar-refractivity contribution in [3.63, 3.8) is 0 Å². The molecule has 4 heteroatoms. The van der Waals surface area contributed by atoms with Crippen LogP contribution in [0.15, 0.2) is 30.6 Å². The molecule has 2 aromatic rings. The summed E-state index contributed by atoms with van der Waals surface area (Å²) in [6.45, 7) is 2.78. The van der Waals surface area contributed by atoms with Crippen LogP contribution in [0.25, 0.3) is 5.69 Å². The van der Waals surface area contributed by atoms with E-state index in [0.717, 1.165) is 35.8 Å². The van der Waals surface area contributed by atoms with Gasteiger partial charge in [-0.2, -0.15) is 0 Å². The van der Waals surface area contributed by atoms with Crippen molar-refractivity contribution in [1.29, 1.82) is 0 Å². The van der Waals surface area contributed by atoms with E-state index in [1.807, 2.05) is 24.5 Å². The molecule has 0 atom stereocenters. The van der Waals surface area contributed by atoms with Crippen LogP contribution in [0.4, 0.5) is 0 Å². The molecular weight excluding hydrogens is 246 g/mol. The lowest BCUT2D eigenvalue weighted by atomic mass is 10.1. The van der Waals surface area contributed by atoms with Crippen LogP contribution in [0.1, 0.15) is 24.7 Å². The van der Waals surface area contributed by atoms with Gasteiger partial charge in [0.25, 0.3) is 0 Å². The number of hydrogen-bond donors (Lipinski definition) is 1. The van der Waals surface area contributed by atoms with Crippen LogP contribution >= 0.6 is 11.6 Å². The number of halogens is 1. The van der Waals surface area contributed by atoms with Crippen LogP contribution in [0.2, 0.25) is 5.02 Å². The number of imidazole rings is 1. The minimum Gasteiger partial charge on any atom is -0.330 e. The molecule has 1 heterocycles. The molecular formula is C14H18ClN3. The van der Waals surface area contributed by atoms with Gasteiger partial charge >= 0.3 is 0 Å². The highest BCUT2D eigenvalue weighted by Crippen LogP contribution is 2.23. The van der Waals surface area contributed by atoms with Gasteiger partial charge in [0, 0.05) is 18.8 Å². The molecule has 0 aliphatic heterocycles. The van der Waals surface area contributed by atoms with Crippen LogP contribution in [0.5, 0.6) is 0 Å². The summed E-state index contributed by atoms with van der Waals surface area (Å²) in [4.78, 5) is 4.37. The Hall–Kier alpha value is -1.32. The Bertz CT molecular complexity index is 520. The van der Waals surface area contributed by atoms with Crippen molar-refractivity contribution < 1.29 is 0 Å². The highest BCUT2D eigenvalue weighted by atomic mass is 35.5. The van der Waals surface area contributed by atoms with Gasteiger partial charge in [-0.3, -0.25) is 0 Å². The Morgan fingerprint density at radius 3 is 2.83 bits per heavy atom. The van der Waals surface area contributed by atoms with Crippen molar-refractivity contribution >= 4 is 11.6 Å². The predicted octanol–water partition coefficient (Wildman–Crippen LogP) is 2.98. The van der Waals surface area contributed by atoms with E-state index < -0.39 is 0 Å². The van der Waals surface area contributed by atoms with E-state index in [0.29, 0.717) is 6.54 Å². The molecule has 0 radical (unpaired) electrons.